The van der Waals surface area contributed by atoms with Gasteiger partial charge in [-0.15, -0.1) is 0 Å². The number of rotatable bonds is 1. The first-order valence-corrected chi connectivity index (χ1v) is 4.93. The molecule has 0 amide bonds. The molecule has 15 heavy (non-hydrogen) atoms. The maximum absolute atomic E-state index is 13.0. The summed E-state index contributed by atoms with van der Waals surface area (Å²) in [6.07, 6.45) is 1.61. The first-order chi connectivity index (χ1) is 7.20. The standard InChI is InChI=1S/C10H6FN3S/c11-8-2-1-6(3-7(8)4-12)9-5-14-10(13)15-9/h1-3,5H,(H2,13,14). The number of aromatic nitrogens is 1. The van der Waals surface area contributed by atoms with Crippen molar-refractivity contribution < 1.29 is 4.39 Å². The molecule has 2 rings (SSSR count). The van der Waals surface area contributed by atoms with E-state index in [1.165, 1.54) is 23.5 Å². The van der Waals surface area contributed by atoms with Crippen molar-refractivity contribution in [2.45, 2.75) is 0 Å². The van der Waals surface area contributed by atoms with Crippen molar-refractivity contribution in [3.05, 3.63) is 35.8 Å². The number of anilines is 1. The number of nitrogen functional groups attached to an aromatic ring is 1. The topological polar surface area (TPSA) is 62.7 Å². The molecule has 0 fully saturated rings. The van der Waals surface area contributed by atoms with Crippen LogP contribution in [0.4, 0.5) is 9.52 Å². The predicted molar refractivity (Wildman–Crippen MR) is 56.6 cm³/mol. The van der Waals surface area contributed by atoms with Gasteiger partial charge in [0.15, 0.2) is 5.13 Å². The van der Waals surface area contributed by atoms with Gasteiger partial charge in [0.1, 0.15) is 11.9 Å². The third kappa shape index (κ3) is 1.80. The number of hydrogen-bond donors (Lipinski definition) is 1. The van der Waals surface area contributed by atoms with Gasteiger partial charge in [-0.2, -0.15) is 5.26 Å². The largest absolute Gasteiger partial charge is 0.375 e. The van der Waals surface area contributed by atoms with Gasteiger partial charge in [-0.05, 0) is 17.7 Å². The highest BCUT2D eigenvalue weighted by molar-refractivity contribution is 7.18. The number of hydrogen-bond acceptors (Lipinski definition) is 4. The van der Waals surface area contributed by atoms with Crippen LogP contribution in [0.3, 0.4) is 0 Å². The summed E-state index contributed by atoms with van der Waals surface area (Å²) >= 11 is 1.30. The fourth-order valence-corrected chi connectivity index (χ4v) is 1.87. The first kappa shape index (κ1) is 9.62. The molecule has 0 aliphatic heterocycles. The predicted octanol–water partition coefficient (Wildman–Crippen LogP) is 2.40. The van der Waals surface area contributed by atoms with Crippen LogP contribution < -0.4 is 5.73 Å². The molecule has 0 aliphatic rings. The summed E-state index contributed by atoms with van der Waals surface area (Å²) in [6.45, 7) is 0. The molecular formula is C10H6FN3S. The Morgan fingerprint density at radius 1 is 1.47 bits per heavy atom. The molecule has 0 saturated heterocycles. The summed E-state index contributed by atoms with van der Waals surface area (Å²) in [5.74, 6) is -0.515. The van der Waals surface area contributed by atoms with Gasteiger partial charge < -0.3 is 5.73 Å². The van der Waals surface area contributed by atoms with E-state index in [0.717, 1.165) is 10.4 Å². The van der Waals surface area contributed by atoms with Gasteiger partial charge in [-0.1, -0.05) is 17.4 Å². The highest BCUT2D eigenvalue weighted by Crippen LogP contribution is 2.28. The molecule has 0 bridgehead atoms. The molecule has 0 aliphatic carbocycles. The third-order valence-corrected chi connectivity index (χ3v) is 2.77. The lowest BCUT2D eigenvalue weighted by atomic mass is 10.1. The second-order valence-electron chi connectivity index (χ2n) is 2.87. The lowest BCUT2D eigenvalue weighted by Crippen LogP contribution is -1.83. The van der Waals surface area contributed by atoms with Crippen LogP contribution >= 0.6 is 11.3 Å². The summed E-state index contributed by atoms with van der Waals surface area (Å²) in [5, 5.41) is 9.12. The molecule has 3 nitrogen and oxygen atoms in total. The van der Waals surface area contributed by atoms with E-state index >= 15 is 0 Å². The van der Waals surface area contributed by atoms with Crippen molar-refractivity contribution in [2.75, 3.05) is 5.73 Å². The normalized spacial score (nSPS) is 9.87. The third-order valence-electron chi connectivity index (χ3n) is 1.89. The van der Waals surface area contributed by atoms with Crippen molar-refractivity contribution in [3.63, 3.8) is 0 Å². The Labute approximate surface area is 89.6 Å². The van der Waals surface area contributed by atoms with Crippen LogP contribution in [0.25, 0.3) is 10.4 Å². The lowest BCUT2D eigenvalue weighted by Gasteiger charge is -1.97. The number of halogens is 1. The molecule has 1 heterocycles. The maximum atomic E-state index is 13.0. The maximum Gasteiger partial charge on any atom is 0.180 e. The van der Waals surface area contributed by atoms with E-state index in [1.807, 2.05) is 0 Å². The van der Waals surface area contributed by atoms with Gasteiger partial charge in [0.2, 0.25) is 0 Å². The molecule has 5 heteroatoms. The quantitative estimate of drug-likeness (QED) is 0.801. The number of nitrogens with zero attached hydrogens (tertiary/aromatic N) is 2. The Balaban J connectivity index is 2.51. The highest BCUT2D eigenvalue weighted by atomic mass is 32.1. The zero-order chi connectivity index (χ0) is 10.8. The second-order valence-corrected chi connectivity index (χ2v) is 3.93. The van der Waals surface area contributed by atoms with E-state index in [4.69, 9.17) is 11.0 Å². The van der Waals surface area contributed by atoms with Crippen LogP contribution in [0.5, 0.6) is 0 Å². The van der Waals surface area contributed by atoms with Gasteiger partial charge in [0.25, 0.3) is 0 Å². The van der Waals surface area contributed by atoms with E-state index in [1.54, 1.807) is 18.3 Å². The Morgan fingerprint density at radius 3 is 2.87 bits per heavy atom. The minimum Gasteiger partial charge on any atom is -0.375 e. The minimum absolute atomic E-state index is 0.0273. The van der Waals surface area contributed by atoms with Crippen LogP contribution in [0, 0.1) is 17.1 Å². The minimum atomic E-state index is -0.515. The van der Waals surface area contributed by atoms with Gasteiger partial charge in [-0.3, -0.25) is 0 Å². The fraction of sp³-hybridized carbons (Fsp3) is 0. The van der Waals surface area contributed by atoms with Gasteiger partial charge in [0, 0.05) is 6.20 Å². The van der Waals surface area contributed by atoms with Gasteiger partial charge in [-0.25, -0.2) is 9.37 Å². The van der Waals surface area contributed by atoms with E-state index in [9.17, 15) is 4.39 Å². The molecule has 2 N–H and O–H groups in total. The molecule has 0 unspecified atom stereocenters. The highest BCUT2D eigenvalue weighted by Gasteiger charge is 2.06. The molecule has 0 radical (unpaired) electrons. The average molecular weight is 219 g/mol. The number of thiazole rings is 1. The zero-order valence-corrected chi connectivity index (χ0v) is 8.38. The Kier molecular flexibility index (Phi) is 2.35. The number of nitrogens with two attached hydrogens (primary N) is 1. The summed E-state index contributed by atoms with van der Waals surface area (Å²) in [5.41, 5.74) is 6.26. The Hall–Kier alpha value is -1.93. The Bertz CT molecular complexity index is 542. The average Bonchev–Trinajstić information content (AvgIpc) is 2.66. The monoisotopic (exact) mass is 219 g/mol. The molecule has 0 saturated carbocycles. The number of nitriles is 1. The van der Waals surface area contributed by atoms with E-state index in [-0.39, 0.29) is 5.56 Å². The molecule has 0 spiro atoms. The summed E-state index contributed by atoms with van der Waals surface area (Å²) < 4.78 is 13.0. The van der Waals surface area contributed by atoms with Crippen LogP contribution in [0.15, 0.2) is 24.4 Å². The van der Waals surface area contributed by atoms with E-state index in [2.05, 4.69) is 4.98 Å². The van der Waals surface area contributed by atoms with Crippen molar-refractivity contribution in [2.24, 2.45) is 0 Å². The molecule has 0 atom stereocenters. The summed E-state index contributed by atoms with van der Waals surface area (Å²) in [6, 6.07) is 6.15. The van der Waals surface area contributed by atoms with Crippen molar-refractivity contribution in [1.29, 1.82) is 5.26 Å². The summed E-state index contributed by atoms with van der Waals surface area (Å²) in [7, 11) is 0. The molecule has 1 aromatic carbocycles. The van der Waals surface area contributed by atoms with Crippen molar-refractivity contribution in [3.8, 4) is 16.5 Å². The van der Waals surface area contributed by atoms with Crippen LogP contribution in [-0.4, -0.2) is 4.98 Å². The Morgan fingerprint density at radius 2 is 2.27 bits per heavy atom. The first-order valence-electron chi connectivity index (χ1n) is 4.12. The van der Waals surface area contributed by atoms with Gasteiger partial charge >= 0.3 is 0 Å². The lowest BCUT2D eigenvalue weighted by molar-refractivity contribution is 0.624. The zero-order valence-electron chi connectivity index (χ0n) is 7.57. The van der Waals surface area contributed by atoms with E-state index < -0.39 is 5.82 Å². The summed E-state index contributed by atoms with van der Waals surface area (Å²) in [4.78, 5) is 4.71. The van der Waals surface area contributed by atoms with Crippen molar-refractivity contribution in [1.82, 2.24) is 4.98 Å². The SMILES string of the molecule is N#Cc1cc(-c2cnc(N)s2)ccc1F. The van der Waals surface area contributed by atoms with Crippen LogP contribution in [0.1, 0.15) is 5.56 Å². The molecule has 1 aromatic heterocycles. The van der Waals surface area contributed by atoms with Gasteiger partial charge in [0.05, 0.1) is 10.4 Å². The van der Waals surface area contributed by atoms with E-state index in [0.29, 0.717) is 5.13 Å². The van der Waals surface area contributed by atoms with Crippen LogP contribution in [-0.2, 0) is 0 Å². The molecule has 74 valence electrons. The second kappa shape index (κ2) is 3.67. The van der Waals surface area contributed by atoms with Crippen LogP contribution in [0.2, 0.25) is 0 Å². The molecular weight excluding hydrogens is 213 g/mol. The molecule has 2 aromatic rings. The van der Waals surface area contributed by atoms with Crippen molar-refractivity contribution >= 4 is 16.5 Å². The fourth-order valence-electron chi connectivity index (χ4n) is 1.19. The smallest absolute Gasteiger partial charge is 0.180 e. The number of benzene rings is 1.